The van der Waals surface area contributed by atoms with Gasteiger partial charge in [0.1, 0.15) is 11.5 Å². The Kier molecular flexibility index (Phi) is 2.40. The zero-order valence-electron chi connectivity index (χ0n) is 9.61. The first-order valence-corrected chi connectivity index (χ1v) is 5.77. The van der Waals surface area contributed by atoms with Crippen LogP contribution in [0.5, 0.6) is 0 Å². The predicted molar refractivity (Wildman–Crippen MR) is 63.4 cm³/mol. The van der Waals surface area contributed by atoms with E-state index in [2.05, 4.69) is 15.3 Å². The monoisotopic (exact) mass is 245 g/mol. The van der Waals surface area contributed by atoms with Crippen molar-refractivity contribution in [2.45, 2.75) is 18.4 Å². The van der Waals surface area contributed by atoms with E-state index in [1.54, 1.807) is 18.2 Å². The number of carbonyl (C=O) groups is 1. The maximum atomic E-state index is 13.7. The van der Waals surface area contributed by atoms with Gasteiger partial charge in [-0.05, 0) is 18.9 Å². The molecule has 0 radical (unpaired) electrons. The van der Waals surface area contributed by atoms with Gasteiger partial charge in [0.25, 0.3) is 5.91 Å². The number of hydrogen-bond donors (Lipinski definition) is 2. The lowest BCUT2D eigenvalue weighted by molar-refractivity contribution is 0.0925. The molecule has 1 amide bonds. The number of rotatable bonds is 3. The highest BCUT2D eigenvalue weighted by Gasteiger charge is 2.47. The lowest BCUT2D eigenvalue weighted by Gasteiger charge is -2.18. The molecule has 2 aromatic rings. The maximum Gasteiger partial charge on any atom is 0.270 e. The van der Waals surface area contributed by atoms with Crippen molar-refractivity contribution in [3.05, 3.63) is 53.9 Å². The molecule has 1 heterocycles. The molecule has 1 aliphatic rings. The minimum atomic E-state index is -0.548. The third-order valence-electron chi connectivity index (χ3n) is 3.24. The Labute approximate surface area is 103 Å². The van der Waals surface area contributed by atoms with Crippen LogP contribution >= 0.6 is 0 Å². The van der Waals surface area contributed by atoms with Gasteiger partial charge < -0.3 is 10.3 Å². The summed E-state index contributed by atoms with van der Waals surface area (Å²) in [5.74, 6) is -0.534. The van der Waals surface area contributed by atoms with E-state index in [0.29, 0.717) is 11.3 Å². The summed E-state index contributed by atoms with van der Waals surface area (Å²) in [6.07, 6.45) is 4.41. The average molecular weight is 245 g/mol. The summed E-state index contributed by atoms with van der Waals surface area (Å²) in [5, 5.41) is 2.88. The standard InChI is InChI=1S/C13H12FN3O/c14-10-4-2-1-3-9(10)13(5-6-13)17-12(18)11-7-15-8-16-11/h1-4,7-8H,5-6H2,(H,15,16)(H,17,18). The number of imidazole rings is 1. The molecule has 18 heavy (non-hydrogen) atoms. The van der Waals surface area contributed by atoms with Gasteiger partial charge in [-0.15, -0.1) is 0 Å². The molecule has 0 aliphatic heterocycles. The van der Waals surface area contributed by atoms with E-state index in [9.17, 15) is 9.18 Å². The number of carbonyl (C=O) groups excluding carboxylic acids is 1. The van der Waals surface area contributed by atoms with Gasteiger partial charge in [0.15, 0.2) is 0 Å². The number of H-pyrrole nitrogens is 1. The maximum absolute atomic E-state index is 13.7. The summed E-state index contributed by atoms with van der Waals surface area (Å²) in [6.45, 7) is 0. The van der Waals surface area contributed by atoms with E-state index >= 15 is 0 Å². The van der Waals surface area contributed by atoms with Gasteiger partial charge in [-0.1, -0.05) is 18.2 Å². The summed E-state index contributed by atoms with van der Waals surface area (Å²) >= 11 is 0. The Hall–Kier alpha value is -2.17. The van der Waals surface area contributed by atoms with E-state index in [1.165, 1.54) is 18.6 Å². The number of halogens is 1. The van der Waals surface area contributed by atoms with Gasteiger partial charge in [0.05, 0.1) is 18.1 Å². The van der Waals surface area contributed by atoms with Crippen LogP contribution in [0.4, 0.5) is 4.39 Å². The smallest absolute Gasteiger partial charge is 0.270 e. The fraction of sp³-hybridized carbons (Fsp3) is 0.231. The number of amides is 1. The Morgan fingerprint density at radius 3 is 2.78 bits per heavy atom. The van der Waals surface area contributed by atoms with Crippen LogP contribution in [0.15, 0.2) is 36.8 Å². The van der Waals surface area contributed by atoms with Crippen LogP contribution in [0.1, 0.15) is 28.9 Å². The highest BCUT2D eigenvalue weighted by molar-refractivity contribution is 5.92. The lowest BCUT2D eigenvalue weighted by Crippen LogP contribution is -2.35. The minimum absolute atomic E-state index is 0.256. The van der Waals surface area contributed by atoms with Crippen LogP contribution in [0.25, 0.3) is 0 Å². The molecule has 1 aromatic carbocycles. The van der Waals surface area contributed by atoms with E-state index in [-0.39, 0.29) is 11.7 Å². The lowest BCUT2D eigenvalue weighted by atomic mass is 10.0. The quantitative estimate of drug-likeness (QED) is 0.868. The highest BCUT2D eigenvalue weighted by Crippen LogP contribution is 2.46. The fourth-order valence-electron chi connectivity index (χ4n) is 2.10. The Bertz CT molecular complexity index is 576. The second-order valence-electron chi connectivity index (χ2n) is 4.48. The number of nitrogens with one attached hydrogen (secondary N) is 2. The number of hydrogen-bond acceptors (Lipinski definition) is 2. The molecule has 0 unspecified atom stereocenters. The molecule has 1 saturated carbocycles. The molecule has 4 nitrogen and oxygen atoms in total. The van der Waals surface area contributed by atoms with Crippen molar-refractivity contribution in [1.82, 2.24) is 15.3 Å². The summed E-state index contributed by atoms with van der Waals surface area (Å²) in [5.41, 5.74) is 0.392. The van der Waals surface area contributed by atoms with Gasteiger partial charge in [-0.25, -0.2) is 9.37 Å². The SMILES string of the molecule is O=C(NC1(c2ccccc2F)CC1)c1cnc[nH]1. The zero-order valence-corrected chi connectivity index (χ0v) is 9.61. The molecule has 0 bridgehead atoms. The molecule has 3 rings (SSSR count). The zero-order chi connectivity index (χ0) is 12.6. The molecule has 0 atom stereocenters. The molecule has 92 valence electrons. The van der Waals surface area contributed by atoms with Gasteiger partial charge in [0, 0.05) is 5.56 Å². The minimum Gasteiger partial charge on any atom is -0.341 e. The van der Waals surface area contributed by atoms with Crippen LogP contribution in [-0.2, 0) is 5.54 Å². The first-order chi connectivity index (χ1) is 8.71. The van der Waals surface area contributed by atoms with Crippen LogP contribution in [0, 0.1) is 5.82 Å². The van der Waals surface area contributed by atoms with Crippen LogP contribution in [0.2, 0.25) is 0 Å². The molecule has 0 saturated heterocycles. The highest BCUT2D eigenvalue weighted by atomic mass is 19.1. The average Bonchev–Trinajstić information content (AvgIpc) is 2.94. The summed E-state index contributed by atoms with van der Waals surface area (Å²) in [6, 6.07) is 6.56. The number of aromatic amines is 1. The van der Waals surface area contributed by atoms with E-state index in [0.717, 1.165) is 12.8 Å². The molecule has 2 N–H and O–H groups in total. The van der Waals surface area contributed by atoms with E-state index in [4.69, 9.17) is 0 Å². The van der Waals surface area contributed by atoms with Crippen LogP contribution < -0.4 is 5.32 Å². The van der Waals surface area contributed by atoms with Crippen molar-refractivity contribution < 1.29 is 9.18 Å². The Balaban J connectivity index is 1.85. The van der Waals surface area contributed by atoms with Crippen molar-refractivity contribution >= 4 is 5.91 Å². The number of nitrogens with zero attached hydrogens (tertiary/aromatic N) is 1. The first kappa shape index (κ1) is 11.0. The van der Waals surface area contributed by atoms with Crippen molar-refractivity contribution in [1.29, 1.82) is 0 Å². The Morgan fingerprint density at radius 1 is 1.39 bits per heavy atom. The van der Waals surface area contributed by atoms with E-state index < -0.39 is 5.54 Å². The van der Waals surface area contributed by atoms with Gasteiger partial charge >= 0.3 is 0 Å². The largest absolute Gasteiger partial charge is 0.341 e. The second-order valence-corrected chi connectivity index (χ2v) is 4.48. The molecule has 1 fully saturated rings. The predicted octanol–water partition coefficient (Wildman–Crippen LogP) is 1.97. The van der Waals surface area contributed by atoms with Crippen molar-refractivity contribution in [3.63, 3.8) is 0 Å². The summed E-state index contributed by atoms with van der Waals surface area (Å²) < 4.78 is 13.7. The molecule has 1 aliphatic carbocycles. The summed E-state index contributed by atoms with van der Waals surface area (Å²) in [7, 11) is 0. The van der Waals surface area contributed by atoms with E-state index in [1.807, 2.05) is 0 Å². The number of aromatic nitrogens is 2. The molecule has 5 heteroatoms. The Morgan fingerprint density at radius 2 is 2.17 bits per heavy atom. The molecular formula is C13H12FN3O. The van der Waals surface area contributed by atoms with Crippen molar-refractivity contribution in [2.75, 3.05) is 0 Å². The molecule has 1 aromatic heterocycles. The molecular weight excluding hydrogens is 233 g/mol. The summed E-state index contributed by atoms with van der Waals surface area (Å²) in [4.78, 5) is 18.5. The molecule has 0 spiro atoms. The van der Waals surface area contributed by atoms with Crippen molar-refractivity contribution in [3.8, 4) is 0 Å². The third kappa shape index (κ3) is 1.77. The first-order valence-electron chi connectivity index (χ1n) is 5.77. The van der Waals surface area contributed by atoms with Gasteiger partial charge in [-0.2, -0.15) is 0 Å². The van der Waals surface area contributed by atoms with Crippen LogP contribution in [0.3, 0.4) is 0 Å². The van der Waals surface area contributed by atoms with Crippen LogP contribution in [-0.4, -0.2) is 15.9 Å². The third-order valence-corrected chi connectivity index (χ3v) is 3.24. The topological polar surface area (TPSA) is 57.8 Å². The fourth-order valence-corrected chi connectivity index (χ4v) is 2.10. The van der Waals surface area contributed by atoms with Gasteiger partial charge in [0.2, 0.25) is 0 Å². The van der Waals surface area contributed by atoms with Gasteiger partial charge in [-0.3, -0.25) is 4.79 Å². The number of benzene rings is 1. The van der Waals surface area contributed by atoms with Crippen molar-refractivity contribution in [2.24, 2.45) is 0 Å². The second kappa shape index (κ2) is 3.94. The normalized spacial score (nSPS) is 16.3.